The van der Waals surface area contributed by atoms with Crippen molar-refractivity contribution in [1.82, 2.24) is 4.98 Å². The molecule has 4 rings (SSSR count). The number of nitriles is 1. The lowest BCUT2D eigenvalue weighted by Gasteiger charge is -2.16. The van der Waals surface area contributed by atoms with Crippen LogP contribution in [0, 0.1) is 11.3 Å². The van der Waals surface area contributed by atoms with Crippen molar-refractivity contribution in [2.45, 2.75) is 36.5 Å². The summed E-state index contributed by atoms with van der Waals surface area (Å²) in [5, 5.41) is 11.1. The first kappa shape index (κ1) is 17.6. The second kappa shape index (κ2) is 7.45. The molecule has 1 aliphatic carbocycles. The zero-order chi connectivity index (χ0) is 18.8. The van der Waals surface area contributed by atoms with Crippen molar-refractivity contribution in [3.63, 3.8) is 0 Å². The lowest BCUT2D eigenvalue weighted by Crippen LogP contribution is -2.07. The van der Waals surface area contributed by atoms with Gasteiger partial charge in [-0.15, -0.1) is 11.8 Å². The molecule has 0 amide bonds. The molecule has 0 aliphatic heterocycles. The molecule has 0 radical (unpaired) electrons. The van der Waals surface area contributed by atoms with Gasteiger partial charge in [0.05, 0.1) is 12.7 Å². The molecule has 0 atom stereocenters. The summed E-state index contributed by atoms with van der Waals surface area (Å²) in [6.45, 7) is 0. The van der Waals surface area contributed by atoms with Crippen LogP contribution in [0.15, 0.2) is 44.6 Å². The highest BCUT2D eigenvalue weighted by Gasteiger charge is 2.16. The molecule has 27 heavy (non-hydrogen) atoms. The van der Waals surface area contributed by atoms with E-state index < -0.39 is 5.63 Å². The van der Waals surface area contributed by atoms with Gasteiger partial charge in [-0.3, -0.25) is 0 Å². The van der Waals surface area contributed by atoms with E-state index in [1.807, 2.05) is 18.2 Å². The summed E-state index contributed by atoms with van der Waals surface area (Å²) in [6.07, 6.45) is 4.25. The average molecular weight is 378 g/mol. The summed E-state index contributed by atoms with van der Waals surface area (Å²) in [6, 6.07) is 11.2. The Morgan fingerprint density at radius 1 is 1.26 bits per heavy atom. The van der Waals surface area contributed by atoms with Crippen molar-refractivity contribution >= 4 is 22.7 Å². The highest BCUT2D eigenvalue weighted by Crippen LogP contribution is 2.31. The maximum absolute atomic E-state index is 11.9. The molecule has 3 aromatic rings. The van der Waals surface area contributed by atoms with Gasteiger partial charge in [-0.25, -0.2) is 9.78 Å². The summed E-state index contributed by atoms with van der Waals surface area (Å²) in [4.78, 5) is 16.7. The number of ether oxygens (including phenoxy) is 1. The predicted molar refractivity (Wildman–Crippen MR) is 104 cm³/mol. The van der Waals surface area contributed by atoms with E-state index >= 15 is 0 Å². The van der Waals surface area contributed by atoms with E-state index in [1.54, 1.807) is 13.2 Å². The minimum atomic E-state index is -0.398. The van der Waals surface area contributed by atoms with Gasteiger partial charge in [0, 0.05) is 29.0 Å². The third kappa shape index (κ3) is 3.56. The Kier molecular flexibility index (Phi) is 4.87. The van der Waals surface area contributed by atoms with Crippen LogP contribution in [0.4, 0.5) is 0 Å². The quantitative estimate of drug-likeness (QED) is 0.499. The Hall–Kier alpha value is -2.78. The van der Waals surface area contributed by atoms with Crippen molar-refractivity contribution < 1.29 is 9.15 Å². The highest BCUT2D eigenvalue weighted by molar-refractivity contribution is 7.98. The molecular formula is C21H18N2O3S. The molecule has 0 fully saturated rings. The van der Waals surface area contributed by atoms with E-state index in [2.05, 4.69) is 6.07 Å². The van der Waals surface area contributed by atoms with E-state index in [0.29, 0.717) is 22.6 Å². The zero-order valence-electron chi connectivity index (χ0n) is 14.9. The molecule has 0 unspecified atom stereocenters. The number of nitrogens with zero attached hydrogens (tertiary/aromatic N) is 2. The first-order chi connectivity index (χ1) is 13.2. The van der Waals surface area contributed by atoms with Gasteiger partial charge in [0.2, 0.25) is 0 Å². The number of pyridine rings is 1. The summed E-state index contributed by atoms with van der Waals surface area (Å²) in [5.74, 6) is 1.17. The summed E-state index contributed by atoms with van der Waals surface area (Å²) >= 11 is 1.49. The van der Waals surface area contributed by atoms with Crippen LogP contribution >= 0.6 is 11.8 Å². The van der Waals surface area contributed by atoms with E-state index in [4.69, 9.17) is 14.1 Å². The number of thioether (sulfide) groups is 1. The maximum Gasteiger partial charge on any atom is 0.336 e. The minimum Gasteiger partial charge on any atom is -0.497 e. The molecule has 2 aromatic heterocycles. The SMILES string of the molecule is COc1ccc2c(CSc3nc4c(cc3C#N)CCCC4)cc(=O)oc2c1. The molecule has 0 saturated heterocycles. The number of rotatable bonds is 4. The van der Waals surface area contributed by atoms with E-state index in [1.165, 1.54) is 23.4 Å². The van der Waals surface area contributed by atoms with Gasteiger partial charge in [0.15, 0.2) is 0 Å². The molecule has 6 heteroatoms. The third-order valence-corrected chi connectivity index (χ3v) is 5.83. The summed E-state index contributed by atoms with van der Waals surface area (Å²) < 4.78 is 10.5. The van der Waals surface area contributed by atoms with E-state index in [0.717, 1.165) is 47.4 Å². The van der Waals surface area contributed by atoms with Crippen LogP contribution in [0.2, 0.25) is 0 Å². The maximum atomic E-state index is 11.9. The van der Waals surface area contributed by atoms with Crippen LogP contribution in [0.3, 0.4) is 0 Å². The molecule has 0 N–H and O–H groups in total. The third-order valence-electron chi connectivity index (χ3n) is 4.79. The normalized spacial score (nSPS) is 13.2. The molecule has 5 nitrogen and oxygen atoms in total. The standard InChI is InChI=1S/C21H18N2O3S/c1-25-16-6-7-17-15(9-20(24)26-19(17)10-16)12-27-21-14(11-22)8-13-4-2-3-5-18(13)23-21/h6-10H,2-5,12H2,1H3. The first-order valence-electron chi connectivity index (χ1n) is 8.84. The Labute approximate surface area is 161 Å². The summed E-state index contributed by atoms with van der Waals surface area (Å²) in [5.41, 5.74) is 3.86. The van der Waals surface area contributed by atoms with Gasteiger partial charge in [-0.1, -0.05) is 0 Å². The van der Waals surface area contributed by atoms with Gasteiger partial charge in [-0.05, 0) is 55.0 Å². The number of benzene rings is 1. The Balaban J connectivity index is 1.68. The van der Waals surface area contributed by atoms with Crippen molar-refractivity contribution in [3.05, 3.63) is 63.1 Å². The molecule has 0 bridgehead atoms. The van der Waals surface area contributed by atoms with Crippen molar-refractivity contribution in [1.29, 1.82) is 5.26 Å². The molecule has 136 valence electrons. The number of hydrogen-bond acceptors (Lipinski definition) is 6. The lowest BCUT2D eigenvalue weighted by molar-refractivity contribution is 0.414. The smallest absolute Gasteiger partial charge is 0.336 e. The number of hydrogen-bond donors (Lipinski definition) is 0. The second-order valence-corrected chi connectivity index (χ2v) is 7.47. The van der Waals surface area contributed by atoms with E-state index in [-0.39, 0.29) is 0 Å². The van der Waals surface area contributed by atoms with Gasteiger partial charge >= 0.3 is 5.63 Å². The van der Waals surface area contributed by atoms with Crippen molar-refractivity contribution in [2.75, 3.05) is 7.11 Å². The molecule has 0 saturated carbocycles. The van der Waals surface area contributed by atoms with Crippen molar-refractivity contribution in [3.8, 4) is 11.8 Å². The Morgan fingerprint density at radius 2 is 2.11 bits per heavy atom. The molecular weight excluding hydrogens is 360 g/mol. The van der Waals surface area contributed by atoms with Crippen LogP contribution in [0.25, 0.3) is 11.0 Å². The fourth-order valence-electron chi connectivity index (χ4n) is 3.41. The fraction of sp³-hybridized carbons (Fsp3) is 0.286. The van der Waals surface area contributed by atoms with Crippen LogP contribution in [-0.4, -0.2) is 12.1 Å². The number of methoxy groups -OCH3 is 1. The molecule has 1 aromatic carbocycles. The fourth-order valence-corrected chi connectivity index (χ4v) is 4.37. The monoisotopic (exact) mass is 378 g/mol. The van der Waals surface area contributed by atoms with Crippen LogP contribution in [-0.2, 0) is 18.6 Å². The van der Waals surface area contributed by atoms with Crippen LogP contribution < -0.4 is 10.4 Å². The number of fused-ring (bicyclic) bond motifs is 2. The minimum absolute atomic E-state index is 0.398. The zero-order valence-corrected chi connectivity index (χ0v) is 15.8. The molecule has 2 heterocycles. The lowest BCUT2D eigenvalue weighted by atomic mass is 9.95. The van der Waals surface area contributed by atoms with Gasteiger partial charge in [-0.2, -0.15) is 5.26 Å². The van der Waals surface area contributed by atoms with Gasteiger partial charge in [0.25, 0.3) is 0 Å². The molecule has 1 aliphatic rings. The van der Waals surface area contributed by atoms with Crippen LogP contribution in [0.5, 0.6) is 5.75 Å². The second-order valence-electron chi connectivity index (χ2n) is 6.51. The predicted octanol–water partition coefficient (Wildman–Crippen LogP) is 4.24. The Bertz CT molecular complexity index is 1110. The van der Waals surface area contributed by atoms with Crippen molar-refractivity contribution in [2.24, 2.45) is 0 Å². The topological polar surface area (TPSA) is 76.1 Å². The van der Waals surface area contributed by atoms with E-state index in [9.17, 15) is 10.1 Å². The highest BCUT2D eigenvalue weighted by atomic mass is 32.2. The number of aromatic nitrogens is 1. The average Bonchev–Trinajstić information content (AvgIpc) is 2.70. The largest absolute Gasteiger partial charge is 0.497 e. The van der Waals surface area contributed by atoms with Gasteiger partial charge in [0.1, 0.15) is 22.4 Å². The summed E-state index contributed by atoms with van der Waals surface area (Å²) in [7, 11) is 1.57. The van der Waals surface area contributed by atoms with Crippen LogP contribution in [0.1, 0.15) is 35.2 Å². The van der Waals surface area contributed by atoms with Gasteiger partial charge < -0.3 is 9.15 Å². The Morgan fingerprint density at radius 3 is 2.93 bits per heavy atom. The molecule has 0 spiro atoms. The number of aryl methyl sites for hydroxylation is 2. The first-order valence-corrected chi connectivity index (χ1v) is 9.83.